The first-order chi connectivity index (χ1) is 8.29. The Bertz CT molecular complexity index is 512. The molecular formula is C13H13N3O. The van der Waals surface area contributed by atoms with Crippen LogP contribution in [0.1, 0.15) is 6.92 Å². The third-order valence-corrected chi connectivity index (χ3v) is 2.28. The number of hydrogen-bond donors (Lipinski definition) is 2. The molecule has 0 aliphatic carbocycles. The Morgan fingerprint density at radius 1 is 1.29 bits per heavy atom. The number of hydrogen-bond acceptors (Lipinski definition) is 2. The lowest BCUT2D eigenvalue weighted by molar-refractivity contribution is -0.111. The van der Waals surface area contributed by atoms with Crippen LogP contribution >= 0.6 is 0 Å². The molecule has 1 heterocycles. The number of H-pyrrole nitrogens is 1. The van der Waals surface area contributed by atoms with Crippen molar-refractivity contribution in [1.82, 2.24) is 10.2 Å². The van der Waals surface area contributed by atoms with Crippen molar-refractivity contribution in [3.8, 4) is 11.3 Å². The standard InChI is InChI=1S/C13H13N3O/c1-2-3-13(17)15-11-6-4-10(5-7-11)12-8-9-14-16-12/h2-9H,1H3,(H,14,16)(H,15,17)/b3-2+. The quantitative estimate of drug-likeness (QED) is 0.792. The van der Waals surface area contributed by atoms with Crippen LogP contribution in [0.25, 0.3) is 11.3 Å². The predicted molar refractivity (Wildman–Crippen MR) is 67.5 cm³/mol. The molecule has 1 amide bonds. The first kappa shape index (κ1) is 11.1. The molecule has 2 rings (SSSR count). The second-order valence-electron chi connectivity index (χ2n) is 3.54. The molecule has 86 valence electrons. The number of aromatic nitrogens is 2. The summed E-state index contributed by atoms with van der Waals surface area (Å²) in [6.45, 7) is 1.81. The largest absolute Gasteiger partial charge is 0.323 e. The van der Waals surface area contributed by atoms with Crippen molar-refractivity contribution in [2.24, 2.45) is 0 Å². The molecule has 0 aliphatic rings. The van der Waals surface area contributed by atoms with Crippen LogP contribution in [0.4, 0.5) is 5.69 Å². The van der Waals surface area contributed by atoms with Crippen LogP contribution < -0.4 is 5.32 Å². The molecule has 2 aromatic rings. The van der Waals surface area contributed by atoms with Gasteiger partial charge in [0.25, 0.3) is 0 Å². The molecule has 0 saturated carbocycles. The number of nitrogens with zero attached hydrogens (tertiary/aromatic N) is 1. The van der Waals surface area contributed by atoms with Crippen LogP contribution in [-0.4, -0.2) is 16.1 Å². The molecular weight excluding hydrogens is 214 g/mol. The van der Waals surface area contributed by atoms with Gasteiger partial charge < -0.3 is 5.32 Å². The molecule has 2 N–H and O–H groups in total. The minimum atomic E-state index is -0.123. The molecule has 0 radical (unpaired) electrons. The van der Waals surface area contributed by atoms with Crippen LogP contribution in [0.15, 0.2) is 48.7 Å². The number of allylic oxidation sites excluding steroid dienone is 1. The number of aromatic amines is 1. The average molecular weight is 227 g/mol. The van der Waals surface area contributed by atoms with Gasteiger partial charge in [-0.15, -0.1) is 0 Å². The van der Waals surface area contributed by atoms with Gasteiger partial charge >= 0.3 is 0 Å². The van der Waals surface area contributed by atoms with Gasteiger partial charge in [0.15, 0.2) is 0 Å². The molecule has 17 heavy (non-hydrogen) atoms. The third kappa shape index (κ3) is 2.81. The Labute approximate surface area is 99.4 Å². The van der Waals surface area contributed by atoms with E-state index in [0.29, 0.717) is 0 Å². The minimum absolute atomic E-state index is 0.123. The molecule has 0 spiro atoms. The predicted octanol–water partition coefficient (Wildman–Crippen LogP) is 2.59. The van der Waals surface area contributed by atoms with E-state index in [1.165, 1.54) is 6.08 Å². The molecule has 0 saturated heterocycles. The van der Waals surface area contributed by atoms with E-state index in [1.54, 1.807) is 19.2 Å². The summed E-state index contributed by atoms with van der Waals surface area (Å²) in [6, 6.07) is 9.47. The van der Waals surface area contributed by atoms with E-state index in [-0.39, 0.29) is 5.91 Å². The second-order valence-corrected chi connectivity index (χ2v) is 3.54. The molecule has 1 aromatic carbocycles. The van der Waals surface area contributed by atoms with Gasteiger partial charge in [0, 0.05) is 11.9 Å². The number of benzene rings is 1. The molecule has 0 aliphatic heterocycles. The number of carbonyl (C=O) groups excluding carboxylic acids is 1. The molecule has 0 unspecified atom stereocenters. The van der Waals surface area contributed by atoms with E-state index in [2.05, 4.69) is 15.5 Å². The summed E-state index contributed by atoms with van der Waals surface area (Å²) in [5, 5.41) is 9.54. The number of rotatable bonds is 3. The SMILES string of the molecule is C/C=C/C(=O)Nc1ccc(-c2ccn[nH]2)cc1. The lowest BCUT2D eigenvalue weighted by atomic mass is 10.1. The van der Waals surface area contributed by atoms with Crippen LogP contribution in [0.2, 0.25) is 0 Å². The maximum atomic E-state index is 11.3. The van der Waals surface area contributed by atoms with Crippen LogP contribution in [0, 0.1) is 0 Å². The van der Waals surface area contributed by atoms with Gasteiger partial charge in [-0.3, -0.25) is 9.89 Å². The Morgan fingerprint density at radius 2 is 2.06 bits per heavy atom. The van der Waals surface area contributed by atoms with Crippen LogP contribution in [0.3, 0.4) is 0 Å². The van der Waals surface area contributed by atoms with Crippen molar-refractivity contribution in [3.05, 3.63) is 48.7 Å². The van der Waals surface area contributed by atoms with Gasteiger partial charge in [0.1, 0.15) is 0 Å². The first-order valence-corrected chi connectivity index (χ1v) is 5.33. The fourth-order valence-corrected chi connectivity index (χ4v) is 1.49. The zero-order valence-electron chi connectivity index (χ0n) is 9.47. The fraction of sp³-hybridized carbons (Fsp3) is 0.0769. The highest BCUT2D eigenvalue weighted by Gasteiger charge is 2.00. The topological polar surface area (TPSA) is 57.8 Å². The Balaban J connectivity index is 2.11. The lowest BCUT2D eigenvalue weighted by Crippen LogP contribution is -2.07. The summed E-state index contributed by atoms with van der Waals surface area (Å²) < 4.78 is 0. The Morgan fingerprint density at radius 3 is 2.65 bits per heavy atom. The molecule has 4 heteroatoms. The maximum Gasteiger partial charge on any atom is 0.248 e. The van der Waals surface area contributed by atoms with Gasteiger partial charge in [0.05, 0.1) is 5.69 Å². The first-order valence-electron chi connectivity index (χ1n) is 5.33. The number of nitrogens with one attached hydrogen (secondary N) is 2. The second kappa shape index (κ2) is 5.12. The summed E-state index contributed by atoms with van der Waals surface area (Å²) in [6.07, 6.45) is 4.90. The minimum Gasteiger partial charge on any atom is -0.323 e. The van der Waals surface area contributed by atoms with Gasteiger partial charge in [-0.2, -0.15) is 5.10 Å². The van der Waals surface area contributed by atoms with E-state index in [9.17, 15) is 4.79 Å². The van der Waals surface area contributed by atoms with E-state index in [1.807, 2.05) is 30.3 Å². The van der Waals surface area contributed by atoms with Gasteiger partial charge in [-0.25, -0.2) is 0 Å². The molecule has 0 fully saturated rings. The van der Waals surface area contributed by atoms with Crippen molar-refractivity contribution in [1.29, 1.82) is 0 Å². The van der Waals surface area contributed by atoms with Crippen molar-refractivity contribution >= 4 is 11.6 Å². The zero-order chi connectivity index (χ0) is 12.1. The van der Waals surface area contributed by atoms with Gasteiger partial charge in [-0.05, 0) is 36.8 Å². The highest BCUT2D eigenvalue weighted by atomic mass is 16.1. The lowest BCUT2D eigenvalue weighted by Gasteiger charge is -2.03. The van der Waals surface area contributed by atoms with Gasteiger partial charge in [-0.1, -0.05) is 18.2 Å². The average Bonchev–Trinajstić information content (AvgIpc) is 2.84. The fourth-order valence-electron chi connectivity index (χ4n) is 1.49. The van der Waals surface area contributed by atoms with E-state index < -0.39 is 0 Å². The van der Waals surface area contributed by atoms with Crippen molar-refractivity contribution in [2.75, 3.05) is 5.32 Å². The molecule has 1 aromatic heterocycles. The number of carbonyl (C=O) groups is 1. The smallest absolute Gasteiger partial charge is 0.248 e. The summed E-state index contributed by atoms with van der Waals surface area (Å²) in [5.41, 5.74) is 2.76. The summed E-state index contributed by atoms with van der Waals surface area (Å²) in [5.74, 6) is -0.123. The van der Waals surface area contributed by atoms with Gasteiger partial charge in [0.2, 0.25) is 5.91 Å². The monoisotopic (exact) mass is 227 g/mol. The van der Waals surface area contributed by atoms with E-state index in [4.69, 9.17) is 0 Å². The molecule has 0 bridgehead atoms. The normalized spacial score (nSPS) is 10.6. The Kier molecular flexibility index (Phi) is 3.35. The van der Waals surface area contributed by atoms with E-state index in [0.717, 1.165) is 16.9 Å². The Hall–Kier alpha value is -2.36. The number of amides is 1. The summed E-state index contributed by atoms with van der Waals surface area (Å²) >= 11 is 0. The molecule has 4 nitrogen and oxygen atoms in total. The van der Waals surface area contributed by atoms with E-state index >= 15 is 0 Å². The third-order valence-electron chi connectivity index (χ3n) is 2.28. The van der Waals surface area contributed by atoms with Crippen LogP contribution in [-0.2, 0) is 4.79 Å². The van der Waals surface area contributed by atoms with Crippen LogP contribution in [0.5, 0.6) is 0 Å². The van der Waals surface area contributed by atoms with Crippen molar-refractivity contribution in [3.63, 3.8) is 0 Å². The molecule has 0 atom stereocenters. The summed E-state index contributed by atoms with van der Waals surface area (Å²) in [4.78, 5) is 11.3. The highest BCUT2D eigenvalue weighted by Crippen LogP contribution is 2.18. The van der Waals surface area contributed by atoms with Crippen molar-refractivity contribution in [2.45, 2.75) is 6.92 Å². The van der Waals surface area contributed by atoms with Crippen molar-refractivity contribution < 1.29 is 4.79 Å². The summed E-state index contributed by atoms with van der Waals surface area (Å²) in [7, 11) is 0. The maximum absolute atomic E-state index is 11.3. The zero-order valence-corrected chi connectivity index (χ0v) is 9.47. The number of anilines is 1. The highest BCUT2D eigenvalue weighted by molar-refractivity contribution is 5.99.